The van der Waals surface area contributed by atoms with Crippen LogP contribution in [0, 0.1) is 23.7 Å². The number of benzene rings is 1. The molecule has 0 aliphatic carbocycles. The molecular formula is C26H32O3. The Hall–Kier alpha value is -2.59. The molecule has 0 saturated carbocycles. The van der Waals surface area contributed by atoms with Gasteiger partial charge in [-0.3, -0.25) is 0 Å². The summed E-state index contributed by atoms with van der Waals surface area (Å²) in [4.78, 5) is 11.1. The number of hydrogen-bond donors (Lipinski definition) is 0. The minimum atomic E-state index is -0.153. The van der Waals surface area contributed by atoms with E-state index in [4.69, 9.17) is 9.47 Å². The lowest BCUT2D eigenvalue weighted by Gasteiger charge is -2.22. The Balaban J connectivity index is 2.31. The predicted molar refractivity (Wildman–Crippen MR) is 119 cm³/mol. The summed E-state index contributed by atoms with van der Waals surface area (Å²) in [6.45, 7) is 1.61. The lowest BCUT2D eigenvalue weighted by Crippen LogP contribution is -2.28. The number of carbonyl (C=O) groups excluding carboxylic acids is 1. The average molecular weight is 393 g/mol. The van der Waals surface area contributed by atoms with Crippen molar-refractivity contribution in [1.29, 1.82) is 0 Å². The quantitative estimate of drug-likeness (QED) is 0.396. The van der Waals surface area contributed by atoms with E-state index in [0.29, 0.717) is 12.8 Å². The lowest BCUT2D eigenvalue weighted by atomic mass is 10.0. The van der Waals surface area contributed by atoms with Gasteiger partial charge < -0.3 is 14.3 Å². The number of carbonyl (C=O) groups is 1. The number of Topliss-reactive ketones (excluding diaryl/α,β-unsaturated/α-hetero) is 1. The highest BCUT2D eigenvalue weighted by molar-refractivity contribution is 5.75. The third kappa shape index (κ3) is 12.5. The largest absolute Gasteiger partial charge is 0.378 e. The van der Waals surface area contributed by atoms with Crippen LogP contribution < -0.4 is 0 Å². The Morgan fingerprint density at radius 3 is 2.55 bits per heavy atom. The van der Waals surface area contributed by atoms with Crippen LogP contribution in [0.1, 0.15) is 44.6 Å². The number of allylic oxidation sites excluding steroid dienone is 3. The molecule has 0 saturated heterocycles. The van der Waals surface area contributed by atoms with E-state index in [-0.39, 0.29) is 18.0 Å². The first-order chi connectivity index (χ1) is 14.2. The van der Waals surface area contributed by atoms with E-state index < -0.39 is 0 Å². The van der Waals surface area contributed by atoms with Crippen LogP contribution in [0.5, 0.6) is 0 Å². The van der Waals surface area contributed by atoms with E-state index in [1.54, 1.807) is 27.2 Å². The lowest BCUT2D eigenvalue weighted by molar-refractivity contribution is -0.117. The van der Waals surface area contributed by atoms with Crippen molar-refractivity contribution in [3.8, 4) is 23.7 Å². The zero-order valence-corrected chi connectivity index (χ0v) is 17.8. The number of ether oxygens (including phenoxy) is 2. The first kappa shape index (κ1) is 24.4. The van der Waals surface area contributed by atoms with Crippen LogP contribution in [-0.2, 0) is 20.7 Å². The number of hydrogen-bond acceptors (Lipinski definition) is 3. The molecule has 1 aromatic carbocycles. The summed E-state index contributed by atoms with van der Waals surface area (Å²) < 4.78 is 11.0. The first-order valence-electron chi connectivity index (χ1n) is 10.0. The molecular weight excluding hydrogens is 360 g/mol. The second-order valence-electron chi connectivity index (χ2n) is 6.65. The van der Waals surface area contributed by atoms with Gasteiger partial charge in [0.05, 0.1) is 12.5 Å². The van der Waals surface area contributed by atoms with Gasteiger partial charge in [-0.05, 0) is 37.8 Å². The Morgan fingerprint density at radius 2 is 1.86 bits per heavy atom. The van der Waals surface area contributed by atoms with E-state index in [1.807, 2.05) is 36.4 Å². The van der Waals surface area contributed by atoms with Gasteiger partial charge in [0.1, 0.15) is 11.9 Å². The van der Waals surface area contributed by atoms with Crippen molar-refractivity contribution in [2.24, 2.45) is 0 Å². The highest BCUT2D eigenvalue weighted by Gasteiger charge is 2.17. The van der Waals surface area contributed by atoms with Crippen molar-refractivity contribution in [1.82, 2.24) is 0 Å². The fraction of sp³-hybridized carbons (Fsp3) is 0.423. The monoisotopic (exact) mass is 392 g/mol. The standard InChI is InChI=1S/C26H32O3/c1-23(27)17-16-22-26(29-3)25(28-2)21-15-10-8-6-4-5-7-9-12-18-24-19-13-11-14-20-24/h8,10-11,13-15,19-21,25-26H,5,12,16-18,22H2,1-3H3/b10-8+,21-15+/t25?,26-/m0/s1. The van der Waals surface area contributed by atoms with E-state index in [9.17, 15) is 4.79 Å². The molecule has 0 aromatic heterocycles. The van der Waals surface area contributed by atoms with E-state index >= 15 is 0 Å². The number of ketones is 1. The van der Waals surface area contributed by atoms with E-state index in [0.717, 1.165) is 25.7 Å². The summed E-state index contributed by atoms with van der Waals surface area (Å²) in [6.07, 6.45) is 11.9. The first-order valence-corrected chi connectivity index (χ1v) is 10.0. The molecule has 0 spiro atoms. The zero-order chi connectivity index (χ0) is 21.2. The molecule has 0 N–H and O–H groups in total. The van der Waals surface area contributed by atoms with Crippen molar-refractivity contribution in [2.75, 3.05) is 14.2 Å². The molecule has 1 rings (SSSR count). The van der Waals surface area contributed by atoms with Gasteiger partial charge in [0.25, 0.3) is 0 Å². The minimum Gasteiger partial charge on any atom is -0.378 e. The number of rotatable bonds is 11. The summed E-state index contributed by atoms with van der Waals surface area (Å²) in [5, 5.41) is 0. The highest BCUT2D eigenvalue weighted by atomic mass is 16.5. The van der Waals surface area contributed by atoms with Crippen molar-refractivity contribution >= 4 is 5.78 Å². The Morgan fingerprint density at radius 1 is 1.07 bits per heavy atom. The molecule has 0 aliphatic rings. The van der Waals surface area contributed by atoms with Gasteiger partial charge in [0.2, 0.25) is 0 Å². The number of aryl methyl sites for hydroxylation is 1. The zero-order valence-electron chi connectivity index (χ0n) is 17.8. The molecule has 29 heavy (non-hydrogen) atoms. The molecule has 0 amide bonds. The molecule has 2 atom stereocenters. The summed E-state index contributed by atoms with van der Waals surface area (Å²) in [5.74, 6) is 12.5. The van der Waals surface area contributed by atoms with Gasteiger partial charge in [0.15, 0.2) is 0 Å². The molecule has 1 unspecified atom stereocenters. The maximum Gasteiger partial charge on any atom is 0.129 e. The van der Waals surface area contributed by atoms with Crippen molar-refractivity contribution in [3.63, 3.8) is 0 Å². The van der Waals surface area contributed by atoms with Gasteiger partial charge in [0, 0.05) is 27.1 Å². The smallest absolute Gasteiger partial charge is 0.129 e. The Bertz CT molecular complexity index is 754. The third-order valence-corrected chi connectivity index (χ3v) is 4.34. The minimum absolute atomic E-state index is 0.0683. The summed E-state index contributed by atoms with van der Waals surface area (Å²) in [5.41, 5.74) is 1.31. The van der Waals surface area contributed by atoms with Crippen LogP contribution in [0.3, 0.4) is 0 Å². The van der Waals surface area contributed by atoms with Crippen LogP contribution >= 0.6 is 0 Å². The molecule has 0 fully saturated rings. The normalized spacial score (nSPS) is 12.8. The van der Waals surface area contributed by atoms with Crippen molar-refractivity contribution in [2.45, 2.75) is 57.7 Å². The van der Waals surface area contributed by atoms with E-state index in [2.05, 4.69) is 35.8 Å². The fourth-order valence-corrected chi connectivity index (χ4v) is 2.76. The average Bonchev–Trinajstić information content (AvgIpc) is 2.73. The SMILES string of the molecule is COC(/C=C/C=C/C#CCC#CCCc1ccccc1)[C@H](CCCC(C)=O)OC. The molecule has 3 nitrogen and oxygen atoms in total. The molecule has 0 heterocycles. The van der Waals surface area contributed by atoms with Crippen LogP contribution in [0.4, 0.5) is 0 Å². The fourth-order valence-electron chi connectivity index (χ4n) is 2.76. The van der Waals surface area contributed by atoms with Crippen LogP contribution in [0.2, 0.25) is 0 Å². The molecule has 3 heteroatoms. The summed E-state index contributed by atoms with van der Waals surface area (Å²) >= 11 is 0. The van der Waals surface area contributed by atoms with Crippen LogP contribution in [0.15, 0.2) is 54.6 Å². The second-order valence-corrected chi connectivity index (χ2v) is 6.65. The van der Waals surface area contributed by atoms with Crippen molar-refractivity contribution < 1.29 is 14.3 Å². The maximum absolute atomic E-state index is 11.1. The van der Waals surface area contributed by atoms with Gasteiger partial charge in [-0.15, -0.1) is 5.92 Å². The molecule has 0 radical (unpaired) electrons. The van der Waals surface area contributed by atoms with Gasteiger partial charge in [-0.2, -0.15) is 0 Å². The van der Waals surface area contributed by atoms with Gasteiger partial charge in [-0.1, -0.05) is 66.3 Å². The van der Waals surface area contributed by atoms with E-state index in [1.165, 1.54) is 5.56 Å². The third-order valence-electron chi connectivity index (χ3n) is 4.34. The molecule has 0 aliphatic heterocycles. The molecule has 0 bridgehead atoms. The van der Waals surface area contributed by atoms with Crippen LogP contribution in [0.25, 0.3) is 0 Å². The summed E-state index contributed by atoms with van der Waals surface area (Å²) in [6, 6.07) is 10.4. The Labute approximate surface area is 176 Å². The summed E-state index contributed by atoms with van der Waals surface area (Å²) in [7, 11) is 3.33. The molecule has 154 valence electrons. The van der Waals surface area contributed by atoms with Gasteiger partial charge >= 0.3 is 0 Å². The van der Waals surface area contributed by atoms with Crippen LogP contribution in [-0.4, -0.2) is 32.2 Å². The predicted octanol–water partition coefficient (Wildman–Crippen LogP) is 4.92. The second kappa shape index (κ2) is 16.4. The highest BCUT2D eigenvalue weighted by Crippen LogP contribution is 2.13. The topological polar surface area (TPSA) is 35.5 Å². The number of methoxy groups -OCH3 is 2. The Kier molecular flexibility index (Phi) is 13.8. The van der Waals surface area contributed by atoms with Gasteiger partial charge in [-0.25, -0.2) is 0 Å². The van der Waals surface area contributed by atoms with Crippen molar-refractivity contribution in [3.05, 3.63) is 60.2 Å². The molecule has 1 aromatic rings. The maximum atomic E-state index is 11.1.